The fraction of sp³-hybridized carbons (Fsp3) is 0.250. The molecule has 0 amide bonds. The van der Waals surface area contributed by atoms with Crippen molar-refractivity contribution in [3.63, 3.8) is 0 Å². The highest BCUT2D eigenvalue weighted by Crippen LogP contribution is 2.35. The number of hydrogen-bond donors (Lipinski definition) is 2. The summed E-state index contributed by atoms with van der Waals surface area (Å²) in [5.41, 5.74) is -0.846. The number of hydrogen-bond acceptors (Lipinski definition) is 3. The number of aliphatic hydroxyl groups is 2. The van der Waals surface area contributed by atoms with E-state index in [2.05, 4.69) is 0 Å². The summed E-state index contributed by atoms with van der Waals surface area (Å²) in [4.78, 5) is 11.6. The van der Waals surface area contributed by atoms with E-state index in [9.17, 15) is 9.90 Å². The molecule has 2 rings (SSSR count). The van der Waals surface area contributed by atoms with Gasteiger partial charge in [0.15, 0.2) is 5.78 Å². The lowest BCUT2D eigenvalue weighted by molar-refractivity contribution is -0.119. The topological polar surface area (TPSA) is 57.5 Å². The molecule has 1 aliphatic rings. The Morgan fingerprint density at radius 2 is 1.94 bits per heavy atom. The minimum atomic E-state index is -1.50. The van der Waals surface area contributed by atoms with E-state index in [4.69, 9.17) is 16.7 Å². The molecule has 1 aromatic rings. The van der Waals surface area contributed by atoms with Crippen molar-refractivity contribution in [1.82, 2.24) is 0 Å². The Morgan fingerprint density at radius 1 is 1.31 bits per heavy atom. The molecule has 3 nitrogen and oxygen atoms in total. The molecule has 1 aromatic carbocycles. The van der Waals surface area contributed by atoms with E-state index in [0.29, 0.717) is 10.6 Å². The fourth-order valence-corrected chi connectivity index (χ4v) is 2.04. The van der Waals surface area contributed by atoms with Crippen LogP contribution in [0.4, 0.5) is 0 Å². The Kier molecular flexibility index (Phi) is 2.84. The molecule has 0 spiro atoms. The predicted octanol–water partition coefficient (Wildman–Crippen LogP) is 1.29. The summed E-state index contributed by atoms with van der Waals surface area (Å²) in [6, 6.07) is 6.66. The van der Waals surface area contributed by atoms with E-state index in [1.165, 1.54) is 12.2 Å². The van der Waals surface area contributed by atoms with Gasteiger partial charge in [-0.25, -0.2) is 0 Å². The maximum absolute atomic E-state index is 11.6. The predicted molar refractivity (Wildman–Crippen MR) is 60.4 cm³/mol. The third kappa shape index (κ3) is 1.78. The molecule has 0 radical (unpaired) electrons. The van der Waals surface area contributed by atoms with Crippen LogP contribution in [0.3, 0.4) is 0 Å². The average molecular weight is 239 g/mol. The maximum Gasteiger partial charge on any atom is 0.166 e. The third-order valence-electron chi connectivity index (χ3n) is 2.78. The molecule has 2 N–H and O–H groups in total. The van der Waals surface area contributed by atoms with Crippen molar-refractivity contribution in [3.05, 3.63) is 47.0 Å². The number of rotatable bonds is 2. The van der Waals surface area contributed by atoms with E-state index < -0.39 is 18.1 Å². The van der Waals surface area contributed by atoms with Gasteiger partial charge in [0.05, 0.1) is 12.5 Å². The molecule has 0 heterocycles. The summed E-state index contributed by atoms with van der Waals surface area (Å²) >= 11 is 5.75. The van der Waals surface area contributed by atoms with Crippen LogP contribution < -0.4 is 0 Å². The van der Waals surface area contributed by atoms with Gasteiger partial charge in [0.25, 0.3) is 0 Å². The fourth-order valence-electron chi connectivity index (χ4n) is 1.92. The first-order chi connectivity index (χ1) is 7.57. The Hall–Kier alpha value is -1.16. The van der Waals surface area contributed by atoms with Gasteiger partial charge >= 0.3 is 0 Å². The molecule has 1 unspecified atom stereocenters. The van der Waals surface area contributed by atoms with E-state index in [0.717, 1.165) is 0 Å². The van der Waals surface area contributed by atoms with Gasteiger partial charge in [-0.1, -0.05) is 23.7 Å². The van der Waals surface area contributed by atoms with Crippen LogP contribution in [-0.2, 0) is 4.79 Å². The minimum Gasteiger partial charge on any atom is -0.393 e. The van der Waals surface area contributed by atoms with Gasteiger partial charge in [-0.2, -0.15) is 0 Å². The summed E-state index contributed by atoms with van der Waals surface area (Å²) in [6.07, 6.45) is 2.64. The van der Waals surface area contributed by atoms with Gasteiger partial charge < -0.3 is 10.2 Å². The number of aliphatic hydroxyl groups excluding tert-OH is 1. The van der Waals surface area contributed by atoms with Crippen LogP contribution >= 0.6 is 11.6 Å². The maximum atomic E-state index is 11.6. The van der Waals surface area contributed by atoms with Crippen molar-refractivity contribution in [1.29, 1.82) is 0 Å². The van der Waals surface area contributed by atoms with Crippen molar-refractivity contribution in [2.75, 3.05) is 6.61 Å². The highest BCUT2D eigenvalue weighted by atomic mass is 35.5. The summed E-state index contributed by atoms with van der Waals surface area (Å²) < 4.78 is 0. The SMILES string of the molecule is O=C1C=C[C@@](O)(CO)C1c1ccc(Cl)cc1. The van der Waals surface area contributed by atoms with Crippen LogP contribution in [-0.4, -0.2) is 28.2 Å². The summed E-state index contributed by atoms with van der Waals surface area (Å²) in [5.74, 6) is -0.950. The second kappa shape index (κ2) is 4.01. The molecule has 0 saturated carbocycles. The molecule has 1 aliphatic carbocycles. The number of halogens is 1. The Balaban J connectivity index is 2.40. The zero-order valence-corrected chi connectivity index (χ0v) is 9.19. The van der Waals surface area contributed by atoms with Crippen molar-refractivity contribution in [2.45, 2.75) is 11.5 Å². The molecular formula is C12H11ClO3. The zero-order chi connectivity index (χ0) is 11.8. The molecule has 84 valence electrons. The lowest BCUT2D eigenvalue weighted by Crippen LogP contribution is -2.37. The molecule has 0 aliphatic heterocycles. The van der Waals surface area contributed by atoms with Crippen molar-refractivity contribution < 1.29 is 15.0 Å². The van der Waals surface area contributed by atoms with E-state index >= 15 is 0 Å². The normalized spacial score (nSPS) is 28.7. The molecule has 2 atom stereocenters. The second-order valence-corrected chi connectivity index (χ2v) is 4.31. The van der Waals surface area contributed by atoms with Crippen LogP contribution in [0, 0.1) is 0 Å². The minimum absolute atomic E-state index is 0.209. The lowest BCUT2D eigenvalue weighted by atomic mass is 9.84. The van der Waals surface area contributed by atoms with Crippen molar-refractivity contribution >= 4 is 17.4 Å². The monoisotopic (exact) mass is 238 g/mol. The highest BCUT2D eigenvalue weighted by molar-refractivity contribution is 6.30. The highest BCUT2D eigenvalue weighted by Gasteiger charge is 2.43. The standard InChI is InChI=1S/C12H11ClO3/c13-9-3-1-8(2-4-9)11-10(15)5-6-12(11,16)7-14/h1-6,11,14,16H,7H2/t11?,12-/m1/s1. The zero-order valence-electron chi connectivity index (χ0n) is 8.43. The number of ketones is 1. The summed E-state index contributed by atoms with van der Waals surface area (Å²) in [5, 5.41) is 19.8. The number of carbonyl (C=O) groups is 1. The third-order valence-corrected chi connectivity index (χ3v) is 3.03. The van der Waals surface area contributed by atoms with Crippen molar-refractivity contribution in [3.8, 4) is 0 Å². The molecule has 0 saturated heterocycles. The Bertz CT molecular complexity index is 438. The first-order valence-corrected chi connectivity index (χ1v) is 5.26. The lowest BCUT2D eigenvalue weighted by Gasteiger charge is -2.26. The van der Waals surface area contributed by atoms with Crippen LogP contribution in [0.5, 0.6) is 0 Å². The molecule has 0 bridgehead atoms. The van der Waals surface area contributed by atoms with Gasteiger partial charge in [0.2, 0.25) is 0 Å². The van der Waals surface area contributed by atoms with Gasteiger partial charge in [-0.15, -0.1) is 0 Å². The van der Waals surface area contributed by atoms with E-state index in [-0.39, 0.29) is 5.78 Å². The number of benzene rings is 1. The van der Waals surface area contributed by atoms with E-state index in [1.807, 2.05) is 0 Å². The summed E-state index contributed by atoms with van der Waals surface area (Å²) in [6.45, 7) is -0.484. The molecule has 4 heteroatoms. The number of carbonyl (C=O) groups excluding carboxylic acids is 1. The Morgan fingerprint density at radius 3 is 2.50 bits per heavy atom. The van der Waals surface area contributed by atoms with Crippen LogP contribution in [0.2, 0.25) is 5.02 Å². The molecular weight excluding hydrogens is 228 g/mol. The molecule has 0 fully saturated rings. The molecule has 16 heavy (non-hydrogen) atoms. The van der Waals surface area contributed by atoms with Gasteiger partial charge in [-0.05, 0) is 29.8 Å². The Labute approximate surface area is 98.0 Å². The van der Waals surface area contributed by atoms with Gasteiger partial charge in [-0.3, -0.25) is 4.79 Å². The molecule has 0 aromatic heterocycles. The van der Waals surface area contributed by atoms with Crippen molar-refractivity contribution in [2.24, 2.45) is 0 Å². The summed E-state index contributed by atoms with van der Waals surface area (Å²) in [7, 11) is 0. The average Bonchev–Trinajstić information content (AvgIpc) is 2.58. The quantitative estimate of drug-likeness (QED) is 0.816. The largest absolute Gasteiger partial charge is 0.393 e. The van der Waals surface area contributed by atoms with Gasteiger partial charge in [0.1, 0.15) is 5.60 Å². The first-order valence-electron chi connectivity index (χ1n) is 4.88. The number of allylic oxidation sites excluding steroid dienone is 1. The van der Waals surface area contributed by atoms with Gasteiger partial charge in [0, 0.05) is 5.02 Å². The van der Waals surface area contributed by atoms with Crippen LogP contribution in [0.25, 0.3) is 0 Å². The van der Waals surface area contributed by atoms with Crippen LogP contribution in [0.15, 0.2) is 36.4 Å². The van der Waals surface area contributed by atoms with E-state index in [1.54, 1.807) is 24.3 Å². The van der Waals surface area contributed by atoms with Crippen LogP contribution in [0.1, 0.15) is 11.5 Å². The first kappa shape index (κ1) is 11.3. The second-order valence-electron chi connectivity index (χ2n) is 3.87. The smallest absolute Gasteiger partial charge is 0.166 e.